The first-order chi connectivity index (χ1) is 9.44. The van der Waals surface area contributed by atoms with Crippen molar-refractivity contribution in [2.75, 3.05) is 18.5 Å². The molecule has 2 aromatic rings. The van der Waals surface area contributed by atoms with Crippen molar-refractivity contribution >= 4 is 17.4 Å². The van der Waals surface area contributed by atoms with Crippen LogP contribution in [0.2, 0.25) is 0 Å². The molecule has 2 N–H and O–H groups in total. The van der Waals surface area contributed by atoms with Crippen molar-refractivity contribution in [2.45, 2.75) is 26.4 Å². The second-order valence-corrected chi connectivity index (χ2v) is 5.09. The van der Waals surface area contributed by atoms with Crippen LogP contribution in [-0.4, -0.2) is 39.2 Å². The van der Waals surface area contributed by atoms with Crippen LogP contribution in [0.25, 0.3) is 5.65 Å². The van der Waals surface area contributed by atoms with Crippen molar-refractivity contribution in [3.63, 3.8) is 0 Å². The van der Waals surface area contributed by atoms with Gasteiger partial charge in [-0.2, -0.15) is 0 Å². The van der Waals surface area contributed by atoms with Gasteiger partial charge < -0.3 is 15.2 Å². The summed E-state index contributed by atoms with van der Waals surface area (Å²) in [6, 6.07) is 5.36. The largest absolute Gasteiger partial charge is 0.476 e. The third-order valence-corrected chi connectivity index (χ3v) is 2.95. The first-order valence-electron chi connectivity index (χ1n) is 6.53. The van der Waals surface area contributed by atoms with Gasteiger partial charge in [-0.3, -0.25) is 4.40 Å². The standard InChI is InChI=1S/C14H19N3O3/c1-4-20-14(2,3)9-15-12-11(13(18)19)17-8-6-5-7-10(17)16-12/h5-8,15H,4,9H2,1-3H3,(H,18,19). The highest BCUT2D eigenvalue weighted by molar-refractivity contribution is 5.92. The Morgan fingerprint density at radius 1 is 1.50 bits per heavy atom. The zero-order valence-corrected chi connectivity index (χ0v) is 11.9. The Morgan fingerprint density at radius 3 is 2.90 bits per heavy atom. The summed E-state index contributed by atoms with van der Waals surface area (Å²) >= 11 is 0. The zero-order valence-electron chi connectivity index (χ0n) is 11.9. The molecule has 6 nitrogen and oxygen atoms in total. The minimum Gasteiger partial charge on any atom is -0.476 e. The van der Waals surface area contributed by atoms with E-state index in [-0.39, 0.29) is 11.3 Å². The van der Waals surface area contributed by atoms with E-state index < -0.39 is 5.97 Å². The number of hydrogen-bond donors (Lipinski definition) is 2. The molecule has 20 heavy (non-hydrogen) atoms. The van der Waals surface area contributed by atoms with Gasteiger partial charge in [0.2, 0.25) is 0 Å². The lowest BCUT2D eigenvalue weighted by atomic mass is 10.1. The number of carboxylic acid groups (broad SMARTS) is 1. The fourth-order valence-electron chi connectivity index (χ4n) is 2.06. The molecule has 2 rings (SSSR count). The summed E-state index contributed by atoms with van der Waals surface area (Å²) in [6.07, 6.45) is 1.69. The van der Waals surface area contributed by atoms with Crippen LogP contribution in [0.1, 0.15) is 31.3 Å². The fraction of sp³-hybridized carbons (Fsp3) is 0.429. The van der Waals surface area contributed by atoms with Crippen molar-refractivity contribution in [1.29, 1.82) is 0 Å². The molecule has 0 aliphatic rings. The van der Waals surface area contributed by atoms with Gasteiger partial charge in [-0.25, -0.2) is 9.78 Å². The lowest BCUT2D eigenvalue weighted by Gasteiger charge is -2.24. The lowest BCUT2D eigenvalue weighted by Crippen LogP contribution is -2.33. The molecule has 0 fully saturated rings. The maximum absolute atomic E-state index is 11.4. The van der Waals surface area contributed by atoms with E-state index in [0.29, 0.717) is 24.6 Å². The zero-order chi connectivity index (χ0) is 14.8. The topological polar surface area (TPSA) is 75.9 Å². The highest BCUT2D eigenvalue weighted by atomic mass is 16.5. The molecule has 0 amide bonds. The summed E-state index contributed by atoms with van der Waals surface area (Å²) in [6.45, 7) is 6.89. The van der Waals surface area contributed by atoms with E-state index in [2.05, 4.69) is 10.3 Å². The molecule has 2 heterocycles. The molecule has 0 unspecified atom stereocenters. The van der Waals surface area contributed by atoms with Gasteiger partial charge in [-0.05, 0) is 32.9 Å². The van der Waals surface area contributed by atoms with Crippen molar-refractivity contribution in [1.82, 2.24) is 9.38 Å². The molecule has 0 radical (unpaired) electrons. The number of imidazole rings is 1. The predicted octanol–water partition coefficient (Wildman–Crippen LogP) is 2.26. The Labute approximate surface area is 117 Å². The molecule has 0 saturated heterocycles. The summed E-state index contributed by atoms with van der Waals surface area (Å²) in [5, 5.41) is 12.4. The van der Waals surface area contributed by atoms with Gasteiger partial charge in [-0.15, -0.1) is 0 Å². The monoisotopic (exact) mass is 277 g/mol. The number of fused-ring (bicyclic) bond motifs is 1. The predicted molar refractivity (Wildman–Crippen MR) is 76.3 cm³/mol. The molecular formula is C14H19N3O3. The van der Waals surface area contributed by atoms with Crippen molar-refractivity contribution in [3.8, 4) is 0 Å². The van der Waals surface area contributed by atoms with E-state index in [0.717, 1.165) is 0 Å². The van der Waals surface area contributed by atoms with Crippen LogP contribution in [0, 0.1) is 0 Å². The van der Waals surface area contributed by atoms with Gasteiger partial charge in [0.1, 0.15) is 5.65 Å². The van der Waals surface area contributed by atoms with Crippen LogP contribution in [0.3, 0.4) is 0 Å². The molecule has 0 atom stereocenters. The van der Waals surface area contributed by atoms with Gasteiger partial charge in [0.25, 0.3) is 0 Å². The normalized spacial score (nSPS) is 11.8. The summed E-state index contributed by atoms with van der Waals surface area (Å²) in [5.74, 6) is -0.656. The Bertz CT molecular complexity index is 619. The number of carboxylic acids is 1. The van der Waals surface area contributed by atoms with E-state index in [1.54, 1.807) is 22.7 Å². The summed E-state index contributed by atoms with van der Waals surface area (Å²) in [5.41, 5.74) is 0.342. The van der Waals surface area contributed by atoms with Gasteiger partial charge in [0.05, 0.1) is 5.60 Å². The molecule has 0 bridgehead atoms. The molecule has 0 aliphatic carbocycles. The van der Waals surface area contributed by atoms with E-state index in [4.69, 9.17) is 4.74 Å². The lowest BCUT2D eigenvalue weighted by molar-refractivity contribution is 0.000607. The highest BCUT2D eigenvalue weighted by Gasteiger charge is 2.22. The average molecular weight is 277 g/mol. The number of ether oxygens (including phenoxy) is 1. The van der Waals surface area contributed by atoms with Crippen LogP contribution >= 0.6 is 0 Å². The third-order valence-electron chi connectivity index (χ3n) is 2.95. The molecule has 0 saturated carbocycles. The third kappa shape index (κ3) is 2.91. The average Bonchev–Trinajstić information content (AvgIpc) is 2.74. The minimum atomic E-state index is -1.01. The van der Waals surface area contributed by atoms with Crippen LogP contribution in [0.4, 0.5) is 5.82 Å². The van der Waals surface area contributed by atoms with Gasteiger partial charge in [0.15, 0.2) is 11.5 Å². The Morgan fingerprint density at radius 2 is 2.25 bits per heavy atom. The van der Waals surface area contributed by atoms with E-state index in [1.165, 1.54) is 0 Å². The number of carbonyl (C=O) groups is 1. The minimum absolute atomic E-state index is 0.132. The maximum atomic E-state index is 11.4. The number of pyridine rings is 1. The number of anilines is 1. The van der Waals surface area contributed by atoms with Gasteiger partial charge in [-0.1, -0.05) is 6.07 Å². The first kappa shape index (κ1) is 14.3. The molecule has 2 aromatic heterocycles. The van der Waals surface area contributed by atoms with Crippen molar-refractivity contribution in [3.05, 3.63) is 30.1 Å². The van der Waals surface area contributed by atoms with Crippen LogP contribution in [-0.2, 0) is 4.74 Å². The molecular weight excluding hydrogens is 258 g/mol. The van der Waals surface area contributed by atoms with Crippen molar-refractivity contribution in [2.24, 2.45) is 0 Å². The van der Waals surface area contributed by atoms with Gasteiger partial charge >= 0.3 is 5.97 Å². The van der Waals surface area contributed by atoms with E-state index in [1.807, 2.05) is 26.8 Å². The Kier molecular flexibility index (Phi) is 3.94. The number of rotatable bonds is 6. The Balaban J connectivity index is 2.30. The van der Waals surface area contributed by atoms with Crippen LogP contribution < -0.4 is 5.32 Å². The summed E-state index contributed by atoms with van der Waals surface area (Å²) in [4.78, 5) is 15.7. The number of nitrogens with one attached hydrogen (secondary N) is 1. The summed E-state index contributed by atoms with van der Waals surface area (Å²) < 4.78 is 7.13. The maximum Gasteiger partial charge on any atom is 0.356 e. The second kappa shape index (κ2) is 5.50. The van der Waals surface area contributed by atoms with Crippen LogP contribution in [0.5, 0.6) is 0 Å². The summed E-state index contributed by atoms with van der Waals surface area (Å²) in [7, 11) is 0. The van der Waals surface area contributed by atoms with E-state index >= 15 is 0 Å². The van der Waals surface area contributed by atoms with Crippen molar-refractivity contribution < 1.29 is 14.6 Å². The number of nitrogens with zero attached hydrogens (tertiary/aromatic N) is 2. The van der Waals surface area contributed by atoms with Gasteiger partial charge in [0, 0.05) is 19.3 Å². The number of hydrogen-bond acceptors (Lipinski definition) is 4. The smallest absolute Gasteiger partial charge is 0.356 e. The van der Waals surface area contributed by atoms with E-state index in [9.17, 15) is 9.90 Å². The molecule has 0 spiro atoms. The SMILES string of the molecule is CCOC(C)(C)CNc1nc2ccccn2c1C(=O)O. The first-order valence-corrected chi connectivity index (χ1v) is 6.53. The molecule has 0 aromatic carbocycles. The number of aromatic carboxylic acids is 1. The highest BCUT2D eigenvalue weighted by Crippen LogP contribution is 2.19. The number of aromatic nitrogens is 2. The molecule has 6 heteroatoms. The quantitative estimate of drug-likeness (QED) is 0.847. The fourth-order valence-corrected chi connectivity index (χ4v) is 2.06. The molecule has 0 aliphatic heterocycles. The second-order valence-electron chi connectivity index (χ2n) is 5.09. The molecule has 108 valence electrons. The van der Waals surface area contributed by atoms with Crippen LogP contribution in [0.15, 0.2) is 24.4 Å². The Hall–Kier alpha value is -2.08.